The van der Waals surface area contributed by atoms with Crippen LogP contribution in [0.4, 0.5) is 0 Å². The third kappa shape index (κ3) is 24.3. The fourth-order valence-electron chi connectivity index (χ4n) is 3.22. The number of carbonyl (C=O) groups excluding carboxylic acids is 1. The second kappa shape index (κ2) is 28.8. The first kappa shape index (κ1) is 42.3. The number of benzene rings is 3. The Bertz CT molecular complexity index is 1200. The Morgan fingerprint density at radius 2 is 1.22 bits per heavy atom. The second-order valence-electron chi connectivity index (χ2n) is 9.16. The minimum Gasteiger partial charge on any atom is -0.508 e. The van der Waals surface area contributed by atoms with Crippen molar-refractivity contribution in [2.45, 2.75) is 45.4 Å². The smallest absolute Gasteiger partial charge is 0.309 e. The van der Waals surface area contributed by atoms with Crippen molar-refractivity contribution >= 4 is 62.7 Å². The van der Waals surface area contributed by atoms with Gasteiger partial charge in [-0.1, -0.05) is 59.3 Å². The first-order chi connectivity index (χ1) is 21.7. The van der Waals surface area contributed by atoms with Crippen LogP contribution in [-0.4, -0.2) is 65.4 Å². The molecule has 0 aliphatic heterocycles. The fourth-order valence-corrected chi connectivity index (χ4v) is 4.18. The van der Waals surface area contributed by atoms with E-state index in [1.54, 1.807) is 42.5 Å². The number of methoxy groups -OCH3 is 1. The summed E-state index contributed by atoms with van der Waals surface area (Å²) in [6.45, 7) is 3.40. The summed E-state index contributed by atoms with van der Waals surface area (Å²) in [5, 5.41) is 18.7. The van der Waals surface area contributed by atoms with E-state index in [0.29, 0.717) is 30.7 Å². The molecule has 0 amide bonds. The Labute approximate surface area is 290 Å². The molecule has 0 fully saturated rings. The molecule has 0 saturated heterocycles. The molecule has 7 nitrogen and oxygen atoms in total. The van der Waals surface area contributed by atoms with Gasteiger partial charge in [-0.25, -0.2) is 0 Å². The number of carboxylic acids is 1. The molecule has 0 aliphatic carbocycles. The van der Waals surface area contributed by atoms with Gasteiger partial charge in [0, 0.05) is 23.0 Å². The van der Waals surface area contributed by atoms with E-state index in [1.807, 2.05) is 12.1 Å². The number of esters is 1. The van der Waals surface area contributed by atoms with Gasteiger partial charge in [-0.3, -0.25) is 9.59 Å². The highest BCUT2D eigenvalue weighted by Crippen LogP contribution is 2.15. The number of aryl methyl sites for hydroxylation is 1. The molecule has 0 aromatic heterocycles. The number of aromatic hydroxyl groups is 1. The lowest BCUT2D eigenvalue weighted by atomic mass is 10.1. The third-order valence-electron chi connectivity index (χ3n) is 5.41. The maximum absolute atomic E-state index is 10.8. The normalized spacial score (nSPS) is 9.64. The molecular formula is C34H44BrCl3O7. The van der Waals surface area contributed by atoms with Gasteiger partial charge in [0.05, 0.1) is 33.2 Å². The molecule has 0 spiro atoms. The quantitative estimate of drug-likeness (QED) is 0.0911. The highest BCUT2D eigenvalue weighted by Gasteiger charge is 2.03. The number of alkyl halides is 4. The van der Waals surface area contributed by atoms with Gasteiger partial charge in [0.1, 0.15) is 17.2 Å². The molecule has 3 aromatic rings. The molecule has 3 aromatic carbocycles. The van der Waals surface area contributed by atoms with Crippen molar-refractivity contribution in [1.82, 2.24) is 0 Å². The summed E-state index contributed by atoms with van der Waals surface area (Å²) in [7, 11) is 1.34. The van der Waals surface area contributed by atoms with Crippen LogP contribution in [0.1, 0.15) is 42.9 Å². The van der Waals surface area contributed by atoms with Crippen LogP contribution < -0.4 is 9.47 Å². The molecule has 2 N–H and O–H groups in total. The monoisotopic (exact) mass is 748 g/mol. The van der Waals surface area contributed by atoms with Crippen LogP contribution in [0, 0.1) is 0 Å². The van der Waals surface area contributed by atoms with Gasteiger partial charge in [-0.15, -0.1) is 34.8 Å². The zero-order chi connectivity index (χ0) is 33.7. The molecule has 0 heterocycles. The topological polar surface area (TPSA) is 102 Å². The molecule has 45 heavy (non-hydrogen) atoms. The van der Waals surface area contributed by atoms with E-state index in [4.69, 9.17) is 54.5 Å². The van der Waals surface area contributed by atoms with Crippen LogP contribution >= 0.6 is 50.7 Å². The molecule has 0 atom stereocenters. The third-order valence-corrected chi connectivity index (χ3v) is 6.77. The first-order valence-corrected chi connectivity index (χ1v) is 17.2. The van der Waals surface area contributed by atoms with Crippen molar-refractivity contribution in [2.24, 2.45) is 0 Å². The van der Waals surface area contributed by atoms with Crippen LogP contribution in [0.25, 0.3) is 0 Å². The Hall–Kier alpha value is -2.65. The van der Waals surface area contributed by atoms with Crippen molar-refractivity contribution in [3.8, 4) is 17.2 Å². The molecule has 11 heteroatoms. The van der Waals surface area contributed by atoms with Crippen molar-refractivity contribution in [3.63, 3.8) is 0 Å². The summed E-state index contributed by atoms with van der Waals surface area (Å²) >= 11 is 19.6. The van der Waals surface area contributed by atoms with E-state index in [9.17, 15) is 9.59 Å². The van der Waals surface area contributed by atoms with Crippen molar-refractivity contribution in [2.75, 3.05) is 43.3 Å². The predicted octanol–water partition coefficient (Wildman–Crippen LogP) is 8.70. The number of rotatable bonds is 15. The van der Waals surface area contributed by atoms with Gasteiger partial charge in [0.2, 0.25) is 0 Å². The van der Waals surface area contributed by atoms with E-state index < -0.39 is 5.97 Å². The number of aliphatic carboxylic acids is 1. The minimum atomic E-state index is -0.840. The Kier molecular flexibility index (Phi) is 27.1. The average molecular weight is 751 g/mol. The maximum atomic E-state index is 10.8. The predicted molar refractivity (Wildman–Crippen MR) is 188 cm³/mol. The average Bonchev–Trinajstić information content (AvgIpc) is 3.03. The number of carboxylic acid groups (broad SMARTS) is 1. The summed E-state index contributed by atoms with van der Waals surface area (Å²) in [4.78, 5) is 21.3. The van der Waals surface area contributed by atoms with Crippen LogP contribution in [0.15, 0.2) is 72.8 Å². The van der Waals surface area contributed by atoms with Crippen molar-refractivity contribution in [1.29, 1.82) is 0 Å². The number of hydrogen-bond donors (Lipinski definition) is 2. The van der Waals surface area contributed by atoms with Gasteiger partial charge in [0.15, 0.2) is 0 Å². The first-order valence-electron chi connectivity index (χ1n) is 14.5. The molecule has 250 valence electrons. The van der Waals surface area contributed by atoms with Gasteiger partial charge in [0.25, 0.3) is 0 Å². The van der Waals surface area contributed by atoms with Gasteiger partial charge in [-0.2, -0.15) is 0 Å². The van der Waals surface area contributed by atoms with E-state index in [-0.39, 0.29) is 24.6 Å². The van der Waals surface area contributed by atoms with E-state index >= 15 is 0 Å². The van der Waals surface area contributed by atoms with Crippen LogP contribution in [-0.2, 0) is 33.6 Å². The SMILES string of the molecule is CCc1cccc(OCCCCl)c1.COC(=O)Cc1cccc(O)c1.ClCCCBr.O=C(O)Cc1cccc(OCCCCl)c1. The summed E-state index contributed by atoms with van der Waals surface area (Å²) in [5.41, 5.74) is 2.80. The van der Waals surface area contributed by atoms with E-state index in [1.165, 1.54) is 18.7 Å². The fraction of sp³-hybridized carbons (Fsp3) is 0.412. The van der Waals surface area contributed by atoms with Crippen LogP contribution in [0.2, 0.25) is 0 Å². The number of hydrogen-bond acceptors (Lipinski definition) is 6. The molecule has 0 saturated carbocycles. The molecule has 0 aliphatic rings. The summed E-state index contributed by atoms with van der Waals surface area (Å²) in [6, 6.07) is 21.8. The van der Waals surface area contributed by atoms with Crippen molar-refractivity contribution in [3.05, 3.63) is 89.5 Å². The van der Waals surface area contributed by atoms with Gasteiger partial charge >= 0.3 is 11.9 Å². The summed E-state index contributed by atoms with van der Waals surface area (Å²) in [6.07, 6.45) is 4.02. The largest absolute Gasteiger partial charge is 0.508 e. The zero-order valence-electron chi connectivity index (χ0n) is 25.9. The molecule has 0 unspecified atom stereocenters. The number of ether oxygens (including phenoxy) is 3. The highest BCUT2D eigenvalue weighted by atomic mass is 79.9. The molecule has 3 rings (SSSR count). The van der Waals surface area contributed by atoms with Gasteiger partial charge in [-0.05, 0) is 78.8 Å². The number of halogens is 4. The Morgan fingerprint density at radius 1 is 0.733 bits per heavy atom. The number of phenols is 1. The van der Waals surface area contributed by atoms with Crippen LogP contribution in [0.3, 0.4) is 0 Å². The van der Waals surface area contributed by atoms with Gasteiger partial charge < -0.3 is 24.4 Å². The molecule has 0 bridgehead atoms. The number of carbonyl (C=O) groups is 2. The Balaban J connectivity index is 0.000000603. The maximum Gasteiger partial charge on any atom is 0.309 e. The van der Waals surface area contributed by atoms with E-state index in [2.05, 4.69) is 39.7 Å². The van der Waals surface area contributed by atoms with E-state index in [0.717, 1.165) is 53.8 Å². The number of phenolic OH excluding ortho intramolecular Hbond substituents is 1. The second-order valence-corrected chi connectivity index (χ2v) is 11.1. The van der Waals surface area contributed by atoms with Crippen LogP contribution in [0.5, 0.6) is 17.2 Å². The standard InChI is InChI=1S/C11H13ClO3.C11H15ClO.C9H10O3.C3H6BrCl/c12-5-2-6-15-10-4-1-3-9(7-10)8-11(13)14;1-2-10-5-3-6-11(9-10)13-8-4-7-12;1-12-9(11)6-7-3-2-4-8(10)5-7;4-2-1-3-5/h1,3-4,7H,2,5-6,8H2,(H,13,14);3,5-6,9H,2,4,7-8H2,1H3;2-5,10H,6H2,1H3;1-3H2. The lowest BCUT2D eigenvalue weighted by molar-refractivity contribution is -0.140. The lowest BCUT2D eigenvalue weighted by Crippen LogP contribution is -2.03. The molecular weight excluding hydrogens is 707 g/mol. The van der Waals surface area contributed by atoms with Crippen molar-refractivity contribution < 1.29 is 34.0 Å². The highest BCUT2D eigenvalue weighted by molar-refractivity contribution is 9.09. The minimum absolute atomic E-state index is 0.0205. The Morgan fingerprint density at radius 3 is 1.64 bits per heavy atom. The summed E-state index contributed by atoms with van der Waals surface area (Å²) < 4.78 is 15.4. The molecule has 0 radical (unpaired) electrons. The lowest BCUT2D eigenvalue weighted by Gasteiger charge is -2.05. The summed E-state index contributed by atoms with van der Waals surface area (Å²) in [5.74, 6) is 2.65. The zero-order valence-corrected chi connectivity index (χ0v) is 29.7.